The van der Waals surface area contributed by atoms with Crippen molar-refractivity contribution in [2.45, 2.75) is 9.04 Å². The molecule has 0 aromatic heterocycles. The smallest absolute Gasteiger partial charge is 0.159 e. The lowest BCUT2D eigenvalue weighted by atomic mass is 10.2. The van der Waals surface area contributed by atoms with Gasteiger partial charge >= 0.3 is 0 Å². The molecule has 4 nitrogen and oxygen atoms in total. The molecule has 8 heteroatoms. The molecule has 0 aliphatic rings. The Labute approximate surface area is 147 Å². The summed E-state index contributed by atoms with van der Waals surface area (Å²) in [5, 5.41) is 8.71. The van der Waals surface area contributed by atoms with Gasteiger partial charge in [-0.15, -0.1) is 0 Å². The Kier molecular flexibility index (Phi) is 6.32. The van der Waals surface area contributed by atoms with Gasteiger partial charge in [0.1, 0.15) is 0 Å². The number of rotatable bonds is 7. The van der Waals surface area contributed by atoms with Gasteiger partial charge in [0.15, 0.2) is 0 Å². The first kappa shape index (κ1) is 17.8. The second-order valence-corrected chi connectivity index (χ2v) is 6.58. The number of hydrogen-bond acceptors (Lipinski definition) is 4. The molecule has 0 aliphatic heterocycles. The fourth-order valence-corrected chi connectivity index (χ4v) is 2.08. The zero-order valence-corrected chi connectivity index (χ0v) is 13.9. The molecule has 0 unspecified atom stereocenters. The molecular formula is C14H10Cl4O4. The summed E-state index contributed by atoms with van der Waals surface area (Å²) in [4.78, 5) is 9.43. The highest BCUT2D eigenvalue weighted by Gasteiger charge is 2.33. The van der Waals surface area contributed by atoms with Crippen LogP contribution in [0.4, 0.5) is 0 Å². The molecule has 0 saturated carbocycles. The second kappa shape index (κ2) is 7.81. The third-order valence-corrected chi connectivity index (χ3v) is 3.65. The van der Waals surface area contributed by atoms with E-state index in [0.717, 1.165) is 0 Å². The van der Waals surface area contributed by atoms with Crippen LogP contribution >= 0.6 is 46.4 Å². The molecule has 0 aliphatic carbocycles. The maximum Gasteiger partial charge on any atom is 0.279 e. The lowest BCUT2D eigenvalue weighted by Gasteiger charge is -2.20. The maximum atomic E-state index is 5.95. The molecule has 0 bridgehead atoms. The van der Waals surface area contributed by atoms with Gasteiger partial charge in [-0.05, 0) is 10.1 Å². The first-order valence-electron chi connectivity index (χ1n) is 5.99. The number of hydrogen-bond donors (Lipinski definition) is 0. The number of alkyl halides is 4. The lowest BCUT2D eigenvalue weighted by molar-refractivity contribution is -0.650. The summed E-state index contributed by atoms with van der Waals surface area (Å²) in [6, 6.07) is 17.1. The topological polar surface area (TPSA) is 36.9 Å². The number of benzene rings is 2. The van der Waals surface area contributed by atoms with E-state index in [9.17, 15) is 0 Å². The van der Waals surface area contributed by atoms with E-state index in [1.54, 1.807) is 60.7 Å². The third-order valence-electron chi connectivity index (χ3n) is 2.52. The first-order valence-corrected chi connectivity index (χ1v) is 7.50. The first-order chi connectivity index (χ1) is 10.4. The van der Waals surface area contributed by atoms with Crippen molar-refractivity contribution in [1.29, 1.82) is 0 Å². The highest BCUT2D eigenvalue weighted by atomic mass is 35.5. The van der Waals surface area contributed by atoms with Crippen LogP contribution in [0, 0.1) is 0 Å². The van der Waals surface area contributed by atoms with E-state index in [1.807, 2.05) is 0 Å². The van der Waals surface area contributed by atoms with Crippen molar-refractivity contribution in [3.63, 3.8) is 0 Å². The predicted octanol–water partition coefficient (Wildman–Crippen LogP) is 5.37. The molecule has 2 aromatic rings. The van der Waals surface area contributed by atoms with Crippen molar-refractivity contribution in [3.05, 3.63) is 71.8 Å². The highest BCUT2D eigenvalue weighted by molar-refractivity contribution is 6.47. The Morgan fingerprint density at radius 3 is 1.18 bits per heavy atom. The molecule has 0 fully saturated rings. The van der Waals surface area contributed by atoms with Gasteiger partial charge in [-0.25, -0.2) is 0 Å². The standard InChI is InChI=1S/C14H10Cl4O4/c15-13(16,11-7-3-1-4-8-11)19-21-22-20-14(17,18)12-9-5-2-6-10-12/h1-10H. The van der Waals surface area contributed by atoms with Crippen molar-refractivity contribution in [2.24, 2.45) is 0 Å². The van der Waals surface area contributed by atoms with Crippen LogP contribution < -0.4 is 0 Å². The molecule has 2 aromatic carbocycles. The van der Waals surface area contributed by atoms with Gasteiger partial charge in [0.05, 0.1) is 0 Å². The molecule has 0 atom stereocenters. The van der Waals surface area contributed by atoms with Gasteiger partial charge in [0.2, 0.25) is 0 Å². The van der Waals surface area contributed by atoms with Crippen molar-refractivity contribution in [1.82, 2.24) is 0 Å². The van der Waals surface area contributed by atoms with E-state index < -0.39 is 9.04 Å². The molecular weight excluding hydrogens is 374 g/mol. The summed E-state index contributed by atoms with van der Waals surface area (Å²) in [6.45, 7) is 0. The monoisotopic (exact) mass is 382 g/mol. The molecule has 0 spiro atoms. The normalized spacial score (nSPS) is 12.4. The largest absolute Gasteiger partial charge is 0.279 e. The lowest BCUT2D eigenvalue weighted by Crippen LogP contribution is -2.20. The summed E-state index contributed by atoms with van der Waals surface area (Å²) in [5.41, 5.74) is 0.876. The second-order valence-electron chi connectivity index (χ2n) is 4.07. The summed E-state index contributed by atoms with van der Waals surface area (Å²) < 4.78 is -3.59. The van der Waals surface area contributed by atoms with Crippen molar-refractivity contribution in [2.75, 3.05) is 0 Å². The van der Waals surface area contributed by atoms with Crippen LogP contribution in [0.15, 0.2) is 60.7 Å². The Balaban J connectivity index is 1.84. The molecule has 0 N–H and O–H groups in total. The maximum absolute atomic E-state index is 5.95. The van der Waals surface area contributed by atoms with Crippen molar-refractivity contribution in [3.8, 4) is 0 Å². The Morgan fingerprint density at radius 2 is 0.864 bits per heavy atom. The van der Waals surface area contributed by atoms with Gasteiger partial charge in [-0.2, -0.15) is 9.78 Å². The van der Waals surface area contributed by atoms with Crippen molar-refractivity contribution >= 4 is 46.4 Å². The minimum atomic E-state index is -1.79. The molecule has 2 rings (SSSR count). The van der Waals surface area contributed by atoms with Gasteiger partial charge < -0.3 is 0 Å². The number of halogens is 4. The van der Waals surface area contributed by atoms with Gasteiger partial charge in [0.25, 0.3) is 9.04 Å². The average molecular weight is 384 g/mol. The summed E-state index contributed by atoms with van der Waals surface area (Å²) in [6.07, 6.45) is 0. The molecule has 0 radical (unpaired) electrons. The van der Waals surface area contributed by atoms with E-state index in [4.69, 9.17) is 56.2 Å². The van der Waals surface area contributed by atoms with Crippen LogP contribution in [0.3, 0.4) is 0 Å². The molecule has 0 saturated heterocycles. The predicted molar refractivity (Wildman–Crippen MR) is 84.0 cm³/mol. The zero-order chi connectivity index (χ0) is 16.1. The van der Waals surface area contributed by atoms with Gasteiger partial charge in [-0.3, -0.25) is 0 Å². The summed E-state index contributed by atoms with van der Waals surface area (Å²) in [7, 11) is 0. The molecule has 22 heavy (non-hydrogen) atoms. The van der Waals surface area contributed by atoms with E-state index in [2.05, 4.69) is 10.1 Å². The van der Waals surface area contributed by atoms with Crippen LogP contribution in [0.25, 0.3) is 0 Å². The molecule has 118 valence electrons. The fourth-order valence-electron chi connectivity index (χ4n) is 1.47. The molecule has 0 amide bonds. The highest BCUT2D eigenvalue weighted by Crippen LogP contribution is 2.37. The summed E-state index contributed by atoms with van der Waals surface area (Å²) in [5.74, 6) is 0. The SMILES string of the molecule is ClC(Cl)(OOOOC(Cl)(Cl)c1ccccc1)c1ccccc1. The summed E-state index contributed by atoms with van der Waals surface area (Å²) >= 11 is 23.8. The van der Waals surface area contributed by atoms with E-state index in [-0.39, 0.29) is 0 Å². The van der Waals surface area contributed by atoms with Gasteiger partial charge in [-0.1, -0.05) is 107 Å². The Bertz CT molecular complexity index is 524. The minimum absolute atomic E-state index is 0.438. The van der Waals surface area contributed by atoms with Crippen LogP contribution in [0.2, 0.25) is 0 Å². The van der Waals surface area contributed by atoms with Crippen molar-refractivity contribution < 1.29 is 19.9 Å². The average Bonchev–Trinajstić information content (AvgIpc) is 2.53. The molecule has 0 heterocycles. The van der Waals surface area contributed by atoms with E-state index in [0.29, 0.717) is 11.1 Å². The Morgan fingerprint density at radius 1 is 0.545 bits per heavy atom. The Hall–Kier alpha value is -0.560. The quantitative estimate of drug-likeness (QED) is 0.278. The van der Waals surface area contributed by atoms with Gasteiger partial charge in [0, 0.05) is 11.1 Å². The minimum Gasteiger partial charge on any atom is -0.159 e. The van der Waals surface area contributed by atoms with Crippen LogP contribution in [-0.4, -0.2) is 0 Å². The van der Waals surface area contributed by atoms with E-state index >= 15 is 0 Å². The zero-order valence-electron chi connectivity index (χ0n) is 10.9. The van der Waals surface area contributed by atoms with Crippen LogP contribution in [0.5, 0.6) is 0 Å². The van der Waals surface area contributed by atoms with E-state index in [1.165, 1.54) is 0 Å². The van der Waals surface area contributed by atoms with Crippen LogP contribution in [-0.2, 0) is 28.9 Å². The van der Waals surface area contributed by atoms with Crippen LogP contribution in [0.1, 0.15) is 11.1 Å². The fraction of sp³-hybridized carbons (Fsp3) is 0.143. The third kappa shape index (κ3) is 4.98.